The van der Waals surface area contributed by atoms with Gasteiger partial charge in [0.15, 0.2) is 6.10 Å². The molecule has 0 bridgehead atoms. The second-order valence-corrected chi connectivity index (χ2v) is 21.8. The summed E-state index contributed by atoms with van der Waals surface area (Å²) in [6.45, 7) is 14.0. The Morgan fingerprint density at radius 1 is 0.848 bits per heavy atom. The molecule has 1 aliphatic heterocycles. The van der Waals surface area contributed by atoms with E-state index in [2.05, 4.69) is 33.4 Å². The number of ether oxygens (including phenoxy) is 3. The van der Waals surface area contributed by atoms with E-state index >= 15 is 4.79 Å². The molecule has 0 saturated carbocycles. The second-order valence-electron chi connectivity index (χ2n) is 21.4. The van der Waals surface area contributed by atoms with Crippen LogP contribution in [0, 0.1) is 17.8 Å². The quantitative estimate of drug-likeness (QED) is 0.0522. The van der Waals surface area contributed by atoms with E-state index in [1.807, 2.05) is 64.1 Å². The predicted octanol–water partition coefficient (Wildman–Crippen LogP) is 8.22. The van der Waals surface area contributed by atoms with Gasteiger partial charge in [0.1, 0.15) is 36.9 Å². The summed E-state index contributed by atoms with van der Waals surface area (Å²) in [6.07, 6.45) is 4.82. The van der Waals surface area contributed by atoms with Crippen molar-refractivity contribution in [2.75, 3.05) is 33.8 Å². The number of benzene rings is 3. The molecular formula is C61H81ClN6O11. The topological polar surface area (TPSA) is 219 Å². The number of likely N-dealkylation sites (N-methyl/N-ethyl adjacent to an activating group) is 2. The number of nitrogens with zero attached hydrogens (tertiary/aromatic N) is 2. The highest BCUT2D eigenvalue weighted by Gasteiger charge is 2.37. The highest BCUT2D eigenvalue weighted by atomic mass is 35.5. The summed E-state index contributed by atoms with van der Waals surface area (Å²) in [5.41, 5.74) is 5.26. The van der Waals surface area contributed by atoms with Crippen molar-refractivity contribution in [1.82, 2.24) is 31.1 Å². The van der Waals surface area contributed by atoms with Gasteiger partial charge in [0.2, 0.25) is 23.6 Å². The van der Waals surface area contributed by atoms with Crippen molar-refractivity contribution in [3.8, 4) is 11.1 Å². The maximum Gasteiger partial charge on any atom is 0.407 e. The smallest absolute Gasteiger partial charge is 0.407 e. The number of halogens is 1. The Morgan fingerprint density at radius 3 is 2.11 bits per heavy atom. The molecule has 2 aliphatic rings. The maximum atomic E-state index is 15.0. The first kappa shape index (κ1) is 62.8. The third kappa shape index (κ3) is 18.0. The summed E-state index contributed by atoms with van der Waals surface area (Å²) < 4.78 is 17.5. The normalized spacial score (nSPS) is 23.9. The van der Waals surface area contributed by atoms with Crippen LogP contribution >= 0.6 is 11.6 Å². The van der Waals surface area contributed by atoms with Crippen molar-refractivity contribution in [3.63, 3.8) is 0 Å². The van der Waals surface area contributed by atoms with Crippen molar-refractivity contribution in [1.29, 1.82) is 0 Å². The molecule has 0 aromatic heterocycles. The summed E-state index contributed by atoms with van der Waals surface area (Å²) in [5.74, 6) is -5.54. The van der Waals surface area contributed by atoms with Gasteiger partial charge in [-0.05, 0) is 123 Å². The fourth-order valence-corrected chi connectivity index (χ4v) is 9.87. The number of nitrogens with one attached hydrogen (secondary N) is 4. The van der Waals surface area contributed by atoms with Crippen molar-refractivity contribution in [2.45, 2.75) is 149 Å². The van der Waals surface area contributed by atoms with Crippen LogP contribution in [-0.2, 0) is 54.2 Å². The van der Waals surface area contributed by atoms with Crippen LogP contribution < -0.4 is 21.3 Å². The van der Waals surface area contributed by atoms with Crippen molar-refractivity contribution in [3.05, 3.63) is 118 Å². The van der Waals surface area contributed by atoms with Crippen molar-refractivity contribution < 1.29 is 52.6 Å². The Kier molecular flexibility index (Phi) is 24.2. The maximum absolute atomic E-state index is 15.0. The number of amides is 6. The number of hydrogen-bond donors (Lipinski definition) is 4. The molecule has 3 aromatic rings. The molecule has 0 saturated heterocycles. The largest absolute Gasteiger partial charge is 0.456 e. The van der Waals surface area contributed by atoms with E-state index in [0.717, 1.165) is 27.2 Å². The zero-order chi connectivity index (χ0) is 57.9. The number of cyclic esters (lactones) is 2. The number of hydrogen-bond acceptors (Lipinski definition) is 11. The first-order valence-electron chi connectivity index (χ1n) is 27.6. The standard InChI is InChI=1S/C61H81ClN6O11/c1-11-20-51-39(6)21-19-22-40(7)59(74)79-52(33-37(3)4)55(70)65-49(27-17-18-32-63-61(76)77-36-48-46-25-15-13-23-44(46)45-24-14-16-26-47(45)48)57(72)68(10)50(34-42-28-30-43(62)31-29-42)58(73)67(9)35-53(69)66-54(38(5)12-2)56(71)64-41(8)60(75)78-51/h11,13-16,20,22-26,28-31,37-39,41,48-52,54H,12,17-19,21,27,32-36H2,1-10H3,(H,63,76)(H,64,71)(H,65,70)(H,66,69)/b20-11+,40-22+/t38?,39-,41+,49?,50+,51+,52+,54-/m0/s1. The lowest BCUT2D eigenvalue weighted by molar-refractivity contribution is -0.154. The zero-order valence-corrected chi connectivity index (χ0v) is 48.2. The van der Waals surface area contributed by atoms with Gasteiger partial charge >= 0.3 is 18.0 Å². The Labute approximate surface area is 471 Å². The Balaban J connectivity index is 1.42. The minimum atomic E-state index is -1.31. The van der Waals surface area contributed by atoms with Gasteiger partial charge in [-0.25, -0.2) is 14.4 Å². The van der Waals surface area contributed by atoms with Crippen LogP contribution in [0.3, 0.4) is 0 Å². The van der Waals surface area contributed by atoms with Crippen LogP contribution in [0.5, 0.6) is 0 Å². The summed E-state index contributed by atoms with van der Waals surface area (Å²) >= 11 is 6.24. The highest BCUT2D eigenvalue weighted by molar-refractivity contribution is 6.30. The summed E-state index contributed by atoms with van der Waals surface area (Å²) in [4.78, 5) is 115. The average Bonchev–Trinajstić information content (AvgIpc) is 3.80. The molecule has 0 spiro atoms. The van der Waals surface area contributed by atoms with E-state index < -0.39 is 90.5 Å². The van der Waals surface area contributed by atoms with Gasteiger partial charge in [-0.3, -0.25) is 24.0 Å². The molecule has 2 unspecified atom stereocenters. The molecule has 5 rings (SSSR count). The Morgan fingerprint density at radius 2 is 1.49 bits per heavy atom. The number of fused-ring (bicyclic) bond motifs is 3. The summed E-state index contributed by atoms with van der Waals surface area (Å²) in [7, 11) is 2.85. The lowest BCUT2D eigenvalue weighted by Gasteiger charge is -2.34. The second kappa shape index (κ2) is 30.4. The number of rotatable bonds is 14. The van der Waals surface area contributed by atoms with Gasteiger partial charge in [0, 0.05) is 43.6 Å². The SMILES string of the molecule is C/C=C/[C@H]1OC(=O)[C@@H](C)NC(=O)[C@H](C(C)CC)NC(=O)CN(C)C(=O)[C@@H](Cc2ccc(Cl)cc2)N(C)C(=O)C(CCCCNC(=O)OCC2c3ccccc3-c3ccccc32)NC(=O)[C@@H](CC(C)C)OC(=O)/C(C)=C/CC[C@@H]1C. The molecular weight excluding hydrogens is 1030 g/mol. The van der Waals surface area contributed by atoms with E-state index in [9.17, 15) is 33.6 Å². The molecule has 8 atom stereocenters. The van der Waals surface area contributed by atoms with E-state index in [4.69, 9.17) is 25.8 Å². The molecule has 3 aromatic carbocycles. The molecule has 17 nitrogen and oxygen atoms in total. The van der Waals surface area contributed by atoms with E-state index in [-0.39, 0.29) is 61.7 Å². The number of allylic oxidation sites excluding steroid dienone is 2. The minimum Gasteiger partial charge on any atom is -0.456 e. The highest BCUT2D eigenvalue weighted by Crippen LogP contribution is 2.44. The van der Waals surface area contributed by atoms with Crippen molar-refractivity contribution >= 4 is 59.2 Å². The monoisotopic (exact) mass is 1110 g/mol. The number of carbonyl (C=O) groups is 8. The van der Waals surface area contributed by atoms with E-state index in [1.165, 1.54) is 25.9 Å². The Bertz CT molecular complexity index is 2630. The predicted molar refractivity (Wildman–Crippen MR) is 303 cm³/mol. The fourth-order valence-electron chi connectivity index (χ4n) is 9.74. The molecule has 4 N–H and O–H groups in total. The third-order valence-electron chi connectivity index (χ3n) is 14.7. The molecule has 0 radical (unpaired) electrons. The van der Waals surface area contributed by atoms with Crippen LogP contribution in [0.15, 0.2) is 96.6 Å². The Hall–Kier alpha value is -7.01. The first-order chi connectivity index (χ1) is 37.6. The number of esters is 2. The van der Waals surface area contributed by atoms with E-state index in [1.54, 1.807) is 63.3 Å². The van der Waals surface area contributed by atoms with Crippen LogP contribution in [0.2, 0.25) is 5.02 Å². The van der Waals surface area contributed by atoms with Gasteiger partial charge < -0.3 is 45.3 Å². The third-order valence-corrected chi connectivity index (χ3v) is 14.9. The van der Waals surface area contributed by atoms with Gasteiger partial charge in [-0.2, -0.15) is 0 Å². The molecule has 1 heterocycles. The van der Waals surface area contributed by atoms with Gasteiger partial charge in [0.05, 0.1) is 6.54 Å². The lowest BCUT2D eigenvalue weighted by Crippen LogP contribution is -2.58. The van der Waals surface area contributed by atoms with Gasteiger partial charge in [-0.15, -0.1) is 0 Å². The minimum absolute atomic E-state index is 0.0201. The van der Waals surface area contributed by atoms with Crippen LogP contribution in [0.1, 0.15) is 123 Å². The first-order valence-corrected chi connectivity index (χ1v) is 28.0. The molecule has 18 heteroatoms. The molecule has 6 amide bonds. The summed E-state index contributed by atoms with van der Waals surface area (Å²) in [6, 6.07) is 18.2. The molecule has 0 fully saturated rings. The van der Waals surface area contributed by atoms with E-state index in [0.29, 0.717) is 42.7 Å². The number of unbranched alkanes of at least 4 members (excludes halogenated alkanes) is 1. The number of carbonyl (C=O) groups excluding carboxylic acids is 8. The summed E-state index contributed by atoms with van der Waals surface area (Å²) in [5, 5.41) is 11.6. The fraction of sp³-hybridized carbons (Fsp3) is 0.508. The van der Waals surface area contributed by atoms with Gasteiger partial charge in [0.25, 0.3) is 5.91 Å². The van der Waals surface area contributed by atoms with Crippen molar-refractivity contribution in [2.24, 2.45) is 17.8 Å². The van der Waals surface area contributed by atoms with Gasteiger partial charge in [-0.1, -0.05) is 125 Å². The molecule has 428 valence electrons. The van der Waals surface area contributed by atoms with Crippen LogP contribution in [0.25, 0.3) is 11.1 Å². The van der Waals surface area contributed by atoms with Crippen LogP contribution in [-0.4, -0.2) is 128 Å². The molecule has 79 heavy (non-hydrogen) atoms. The van der Waals surface area contributed by atoms with Crippen LogP contribution in [0.4, 0.5) is 4.79 Å². The number of alkyl carbamates (subject to hydrolysis) is 1. The molecule has 1 aliphatic carbocycles. The average molecular weight is 1110 g/mol. The lowest BCUT2D eigenvalue weighted by atomic mass is 9.97. The zero-order valence-electron chi connectivity index (χ0n) is 47.5.